The van der Waals surface area contributed by atoms with Crippen molar-refractivity contribution in [3.05, 3.63) is 42.0 Å². The first-order valence-corrected chi connectivity index (χ1v) is 5.55. The molecule has 3 heteroatoms. The molecule has 0 N–H and O–H groups in total. The molecule has 1 aromatic rings. The monoisotopic (exact) mass is 234 g/mol. The second-order valence-corrected chi connectivity index (χ2v) is 3.94. The van der Waals surface area contributed by atoms with Gasteiger partial charge in [-0.1, -0.05) is 12.1 Å². The van der Waals surface area contributed by atoms with Crippen molar-refractivity contribution in [1.29, 1.82) is 0 Å². The highest BCUT2D eigenvalue weighted by molar-refractivity contribution is 5.92. The molecule has 92 valence electrons. The number of aryl methyl sites for hydroxylation is 1. The lowest BCUT2D eigenvalue weighted by Gasteiger charge is -2.15. The van der Waals surface area contributed by atoms with Crippen molar-refractivity contribution in [2.45, 2.75) is 26.4 Å². The molecule has 0 spiro atoms. The minimum absolute atomic E-state index is 0.0160. The largest absolute Gasteiger partial charge is 0.489 e. The maximum Gasteiger partial charge on any atom is 0.341 e. The van der Waals surface area contributed by atoms with E-state index in [0.717, 1.165) is 12.0 Å². The fourth-order valence-corrected chi connectivity index (χ4v) is 1.51. The Hall–Kier alpha value is -1.77. The van der Waals surface area contributed by atoms with Gasteiger partial charge in [0.1, 0.15) is 11.3 Å². The van der Waals surface area contributed by atoms with Crippen molar-refractivity contribution in [2.24, 2.45) is 0 Å². The molecule has 0 saturated carbocycles. The van der Waals surface area contributed by atoms with Gasteiger partial charge < -0.3 is 9.47 Å². The molecule has 3 nitrogen and oxygen atoms in total. The van der Waals surface area contributed by atoms with Crippen LogP contribution in [0.15, 0.2) is 30.9 Å². The molecular formula is C14H18O3. The van der Waals surface area contributed by atoms with E-state index < -0.39 is 0 Å². The summed E-state index contributed by atoms with van der Waals surface area (Å²) in [6, 6.07) is 5.42. The average molecular weight is 234 g/mol. The summed E-state index contributed by atoms with van der Waals surface area (Å²) in [5.74, 6) is 0.178. The van der Waals surface area contributed by atoms with Crippen molar-refractivity contribution >= 4 is 5.97 Å². The number of esters is 1. The molecule has 0 heterocycles. The number of carbonyl (C=O) groups is 1. The molecule has 0 fully saturated rings. The van der Waals surface area contributed by atoms with Gasteiger partial charge in [-0.25, -0.2) is 4.79 Å². The Morgan fingerprint density at radius 1 is 1.53 bits per heavy atom. The fourth-order valence-electron chi connectivity index (χ4n) is 1.51. The van der Waals surface area contributed by atoms with E-state index in [9.17, 15) is 4.79 Å². The van der Waals surface area contributed by atoms with E-state index in [1.54, 1.807) is 12.1 Å². The second-order valence-electron chi connectivity index (χ2n) is 3.94. The van der Waals surface area contributed by atoms with Crippen molar-refractivity contribution in [1.82, 2.24) is 0 Å². The normalized spacial score (nSPS) is 11.7. The molecule has 1 rings (SSSR count). The number of benzene rings is 1. The van der Waals surface area contributed by atoms with Gasteiger partial charge in [0.05, 0.1) is 13.2 Å². The van der Waals surface area contributed by atoms with E-state index >= 15 is 0 Å². The number of hydrogen-bond donors (Lipinski definition) is 0. The van der Waals surface area contributed by atoms with Gasteiger partial charge in [0.25, 0.3) is 0 Å². The molecule has 0 saturated heterocycles. The molecule has 0 bridgehead atoms. The Balaban J connectivity index is 2.98. The number of rotatable bonds is 5. The first-order chi connectivity index (χ1) is 8.08. The summed E-state index contributed by atoms with van der Waals surface area (Å²) in [5.41, 5.74) is 1.49. The number of methoxy groups -OCH3 is 1. The quantitative estimate of drug-likeness (QED) is 0.580. The van der Waals surface area contributed by atoms with Crippen LogP contribution in [0.1, 0.15) is 29.3 Å². The van der Waals surface area contributed by atoms with Gasteiger partial charge in [0.15, 0.2) is 0 Å². The highest BCUT2D eigenvalue weighted by Gasteiger charge is 2.14. The third-order valence-electron chi connectivity index (χ3n) is 2.37. The summed E-state index contributed by atoms with van der Waals surface area (Å²) in [7, 11) is 1.36. The lowest BCUT2D eigenvalue weighted by Crippen LogP contribution is -2.14. The lowest BCUT2D eigenvalue weighted by molar-refractivity contribution is 0.0594. The maximum absolute atomic E-state index is 11.6. The van der Waals surface area contributed by atoms with Gasteiger partial charge in [0.2, 0.25) is 0 Å². The Kier molecular flexibility index (Phi) is 4.76. The van der Waals surface area contributed by atoms with Crippen LogP contribution >= 0.6 is 0 Å². The highest BCUT2D eigenvalue weighted by Crippen LogP contribution is 2.23. The van der Waals surface area contributed by atoms with Gasteiger partial charge in [0, 0.05) is 6.42 Å². The van der Waals surface area contributed by atoms with E-state index in [0.29, 0.717) is 11.3 Å². The first-order valence-electron chi connectivity index (χ1n) is 5.55. The molecular weight excluding hydrogens is 216 g/mol. The van der Waals surface area contributed by atoms with Crippen molar-refractivity contribution in [3.8, 4) is 5.75 Å². The third kappa shape index (κ3) is 3.63. The maximum atomic E-state index is 11.6. The van der Waals surface area contributed by atoms with E-state index in [2.05, 4.69) is 6.58 Å². The van der Waals surface area contributed by atoms with Crippen molar-refractivity contribution in [2.75, 3.05) is 7.11 Å². The van der Waals surface area contributed by atoms with E-state index in [1.165, 1.54) is 7.11 Å². The van der Waals surface area contributed by atoms with Crippen molar-refractivity contribution < 1.29 is 14.3 Å². The molecule has 1 aromatic carbocycles. The average Bonchev–Trinajstić information content (AvgIpc) is 2.28. The zero-order valence-corrected chi connectivity index (χ0v) is 10.5. The molecule has 0 aliphatic carbocycles. The molecule has 0 amide bonds. The molecule has 0 aromatic heterocycles. The number of ether oxygens (including phenoxy) is 2. The summed E-state index contributed by atoms with van der Waals surface area (Å²) in [6.07, 6.45) is 2.50. The first kappa shape index (κ1) is 13.3. The Labute approximate surface area is 102 Å². The molecule has 0 aliphatic rings. The Morgan fingerprint density at radius 3 is 2.82 bits per heavy atom. The molecule has 17 heavy (non-hydrogen) atoms. The van der Waals surface area contributed by atoms with Crippen LogP contribution in [-0.4, -0.2) is 19.2 Å². The molecule has 0 radical (unpaired) electrons. The zero-order chi connectivity index (χ0) is 12.8. The Bertz CT molecular complexity index is 410. The van der Waals surface area contributed by atoms with E-state index in [1.807, 2.05) is 26.0 Å². The smallest absolute Gasteiger partial charge is 0.341 e. The third-order valence-corrected chi connectivity index (χ3v) is 2.37. The number of carbonyl (C=O) groups excluding carboxylic acids is 1. The van der Waals surface area contributed by atoms with Gasteiger partial charge in [-0.2, -0.15) is 0 Å². The van der Waals surface area contributed by atoms with Gasteiger partial charge in [-0.05, 0) is 31.5 Å². The van der Waals surface area contributed by atoms with Crippen molar-refractivity contribution in [3.63, 3.8) is 0 Å². The molecule has 1 atom stereocenters. The zero-order valence-electron chi connectivity index (χ0n) is 10.5. The highest BCUT2D eigenvalue weighted by atomic mass is 16.5. The van der Waals surface area contributed by atoms with Crippen LogP contribution in [0.25, 0.3) is 0 Å². The van der Waals surface area contributed by atoms with E-state index in [4.69, 9.17) is 9.47 Å². The van der Waals surface area contributed by atoms with Crippen LogP contribution < -0.4 is 4.74 Å². The van der Waals surface area contributed by atoms with Crippen LogP contribution in [0.4, 0.5) is 0 Å². The van der Waals surface area contributed by atoms with Gasteiger partial charge in [-0.15, -0.1) is 6.58 Å². The predicted octanol–water partition coefficient (Wildman–Crippen LogP) is 3.13. The van der Waals surface area contributed by atoms with Gasteiger partial charge >= 0.3 is 5.97 Å². The second kappa shape index (κ2) is 6.09. The minimum Gasteiger partial charge on any atom is -0.489 e. The van der Waals surface area contributed by atoms with Crippen LogP contribution in [0.3, 0.4) is 0 Å². The SMILES string of the molecule is C=CC[C@H](C)Oc1cc(C)ccc1C(=O)OC. The predicted molar refractivity (Wildman–Crippen MR) is 67.4 cm³/mol. The number of hydrogen-bond acceptors (Lipinski definition) is 3. The van der Waals surface area contributed by atoms with Gasteiger partial charge in [-0.3, -0.25) is 0 Å². The molecule has 0 unspecified atom stereocenters. The van der Waals surface area contributed by atoms with Crippen LogP contribution in [0, 0.1) is 6.92 Å². The van der Waals surface area contributed by atoms with Crippen LogP contribution in [0.2, 0.25) is 0 Å². The van der Waals surface area contributed by atoms with Crippen LogP contribution in [-0.2, 0) is 4.74 Å². The fraction of sp³-hybridized carbons (Fsp3) is 0.357. The summed E-state index contributed by atoms with van der Waals surface area (Å²) >= 11 is 0. The summed E-state index contributed by atoms with van der Waals surface area (Å²) < 4.78 is 10.4. The molecule has 0 aliphatic heterocycles. The minimum atomic E-state index is -0.384. The van der Waals surface area contributed by atoms with Crippen LogP contribution in [0.5, 0.6) is 5.75 Å². The Morgan fingerprint density at radius 2 is 2.24 bits per heavy atom. The van der Waals surface area contributed by atoms with E-state index in [-0.39, 0.29) is 12.1 Å². The topological polar surface area (TPSA) is 35.5 Å². The summed E-state index contributed by atoms with van der Waals surface area (Å²) in [6.45, 7) is 7.55. The summed E-state index contributed by atoms with van der Waals surface area (Å²) in [4.78, 5) is 11.6. The standard InChI is InChI=1S/C14H18O3/c1-5-6-11(3)17-13-9-10(2)7-8-12(13)14(15)16-4/h5,7-9,11H,1,6H2,2-4H3/t11-/m0/s1. The summed E-state index contributed by atoms with van der Waals surface area (Å²) in [5, 5.41) is 0. The lowest BCUT2D eigenvalue weighted by atomic mass is 10.1.